The quantitative estimate of drug-likeness (QED) is 0.214. The van der Waals surface area contributed by atoms with Gasteiger partial charge in [-0.25, -0.2) is 10.4 Å². The van der Waals surface area contributed by atoms with E-state index >= 15 is 0 Å². The zero-order chi connectivity index (χ0) is 23.0. The molecule has 33 heavy (non-hydrogen) atoms. The Hall–Kier alpha value is -3.39. The Kier molecular flexibility index (Phi) is 7.57. The van der Waals surface area contributed by atoms with Crippen LogP contribution in [0.4, 0.5) is 10.8 Å². The second-order valence-electron chi connectivity index (χ2n) is 6.78. The highest BCUT2D eigenvalue weighted by Gasteiger charge is 2.12. The molecule has 0 bridgehead atoms. The Morgan fingerprint density at radius 3 is 2.52 bits per heavy atom. The standard InChI is InChI=1S/C24H18Cl2N4O2S/c25-17-12-10-16(11-13-17)15-32-20-9-5-4-8-19(20)23(31)30-27-14-21-22(26)29-24(33-21)28-18-6-2-1-3-7-18/h1-14H,15H2,(H,28,29)(H,30,31)/b27-14+. The van der Waals surface area contributed by atoms with Crippen molar-refractivity contribution in [1.82, 2.24) is 10.4 Å². The Labute approximate surface area is 204 Å². The van der Waals surface area contributed by atoms with E-state index in [-0.39, 0.29) is 0 Å². The van der Waals surface area contributed by atoms with Gasteiger partial charge in [-0.15, -0.1) is 0 Å². The smallest absolute Gasteiger partial charge is 0.275 e. The van der Waals surface area contributed by atoms with Gasteiger partial charge < -0.3 is 10.1 Å². The van der Waals surface area contributed by atoms with Gasteiger partial charge in [0.2, 0.25) is 0 Å². The van der Waals surface area contributed by atoms with Crippen LogP contribution in [0.25, 0.3) is 0 Å². The number of aromatic nitrogens is 1. The van der Waals surface area contributed by atoms with Gasteiger partial charge in [0.25, 0.3) is 5.91 Å². The Morgan fingerprint density at radius 1 is 1.00 bits per heavy atom. The molecule has 0 saturated carbocycles. The summed E-state index contributed by atoms with van der Waals surface area (Å²) in [5, 5.41) is 8.78. The van der Waals surface area contributed by atoms with Crippen LogP contribution in [0, 0.1) is 0 Å². The molecule has 0 aliphatic rings. The third kappa shape index (κ3) is 6.32. The zero-order valence-corrected chi connectivity index (χ0v) is 19.5. The number of thiazole rings is 1. The number of carbonyl (C=O) groups is 1. The molecule has 6 nitrogen and oxygen atoms in total. The molecule has 0 spiro atoms. The van der Waals surface area contributed by atoms with E-state index in [9.17, 15) is 4.79 Å². The first-order chi connectivity index (χ1) is 16.1. The summed E-state index contributed by atoms with van der Waals surface area (Å²) < 4.78 is 5.83. The SMILES string of the molecule is O=C(N/N=C/c1sc(Nc2ccccc2)nc1Cl)c1ccccc1OCc1ccc(Cl)cc1. The van der Waals surface area contributed by atoms with Crippen LogP contribution in [-0.4, -0.2) is 17.1 Å². The molecule has 0 aliphatic carbocycles. The van der Waals surface area contributed by atoms with Crippen molar-refractivity contribution >= 4 is 57.5 Å². The van der Waals surface area contributed by atoms with Crippen molar-refractivity contribution in [3.05, 3.63) is 105 Å². The fourth-order valence-corrected chi connectivity index (χ4v) is 4.00. The van der Waals surface area contributed by atoms with Gasteiger partial charge in [0.15, 0.2) is 10.3 Å². The number of hydrazone groups is 1. The van der Waals surface area contributed by atoms with Gasteiger partial charge in [-0.1, -0.05) is 77.0 Å². The number of hydrogen-bond donors (Lipinski definition) is 2. The number of amides is 1. The molecule has 4 rings (SSSR count). The molecule has 3 aromatic carbocycles. The summed E-state index contributed by atoms with van der Waals surface area (Å²) in [4.78, 5) is 17.6. The number of halogens is 2. The monoisotopic (exact) mass is 496 g/mol. The molecule has 0 saturated heterocycles. The van der Waals surface area contributed by atoms with Gasteiger partial charge in [0.05, 0.1) is 16.7 Å². The first kappa shape index (κ1) is 22.8. The van der Waals surface area contributed by atoms with Crippen molar-refractivity contribution < 1.29 is 9.53 Å². The fraction of sp³-hybridized carbons (Fsp3) is 0.0417. The van der Waals surface area contributed by atoms with E-state index in [0.29, 0.717) is 38.1 Å². The summed E-state index contributed by atoms with van der Waals surface area (Å²) in [6.45, 7) is 0.304. The molecule has 4 aromatic rings. The first-order valence-electron chi connectivity index (χ1n) is 9.86. The molecule has 0 fully saturated rings. The maximum Gasteiger partial charge on any atom is 0.275 e. The lowest BCUT2D eigenvalue weighted by atomic mass is 10.2. The van der Waals surface area contributed by atoms with E-state index < -0.39 is 5.91 Å². The van der Waals surface area contributed by atoms with Crippen LogP contribution in [0.1, 0.15) is 20.8 Å². The average molecular weight is 497 g/mol. The van der Waals surface area contributed by atoms with Crippen LogP contribution in [0.2, 0.25) is 10.2 Å². The molecule has 1 aromatic heterocycles. The van der Waals surface area contributed by atoms with Gasteiger partial charge >= 0.3 is 0 Å². The van der Waals surface area contributed by atoms with Crippen LogP contribution >= 0.6 is 34.5 Å². The molecule has 0 atom stereocenters. The topological polar surface area (TPSA) is 75.6 Å². The molecule has 0 aliphatic heterocycles. The zero-order valence-electron chi connectivity index (χ0n) is 17.2. The lowest BCUT2D eigenvalue weighted by Crippen LogP contribution is -2.18. The number of hydrogen-bond acceptors (Lipinski definition) is 6. The lowest BCUT2D eigenvalue weighted by Gasteiger charge is -2.10. The summed E-state index contributed by atoms with van der Waals surface area (Å²) in [6, 6.07) is 23.9. The minimum Gasteiger partial charge on any atom is -0.488 e. The van der Waals surface area contributed by atoms with E-state index in [1.165, 1.54) is 17.6 Å². The summed E-state index contributed by atoms with van der Waals surface area (Å²) in [6.07, 6.45) is 1.46. The normalized spacial score (nSPS) is 10.8. The number of nitrogens with one attached hydrogen (secondary N) is 2. The van der Waals surface area contributed by atoms with Gasteiger partial charge in [0, 0.05) is 10.7 Å². The van der Waals surface area contributed by atoms with Crippen LogP contribution in [0.3, 0.4) is 0 Å². The Morgan fingerprint density at radius 2 is 1.73 bits per heavy atom. The summed E-state index contributed by atoms with van der Waals surface area (Å²) in [5.74, 6) is 0.0477. The highest BCUT2D eigenvalue weighted by Crippen LogP contribution is 2.28. The van der Waals surface area contributed by atoms with Gasteiger partial charge in [-0.2, -0.15) is 5.10 Å². The van der Waals surface area contributed by atoms with Crippen LogP contribution < -0.4 is 15.5 Å². The predicted octanol–water partition coefficient (Wildman–Crippen LogP) is 6.54. The number of para-hydroxylation sites is 2. The summed E-state index contributed by atoms with van der Waals surface area (Å²) in [7, 11) is 0. The number of anilines is 2. The number of ether oxygens (including phenoxy) is 1. The van der Waals surface area contributed by atoms with Crippen molar-refractivity contribution in [2.75, 3.05) is 5.32 Å². The molecule has 0 radical (unpaired) electrons. The molecule has 2 N–H and O–H groups in total. The second-order valence-corrected chi connectivity index (χ2v) is 8.60. The number of benzene rings is 3. The fourth-order valence-electron chi connectivity index (χ4n) is 2.82. The van der Waals surface area contributed by atoms with E-state index in [1.54, 1.807) is 36.4 Å². The largest absolute Gasteiger partial charge is 0.488 e. The number of carbonyl (C=O) groups excluding carboxylic acids is 1. The molecule has 9 heteroatoms. The molecule has 0 unspecified atom stereocenters. The first-order valence-corrected chi connectivity index (χ1v) is 11.4. The van der Waals surface area contributed by atoms with E-state index in [2.05, 4.69) is 20.8 Å². The van der Waals surface area contributed by atoms with E-state index in [4.69, 9.17) is 27.9 Å². The molecule has 1 amide bonds. The molecule has 1 heterocycles. The van der Waals surface area contributed by atoms with Crippen molar-refractivity contribution in [2.24, 2.45) is 5.10 Å². The minimum absolute atomic E-state index is 0.295. The third-order valence-electron chi connectivity index (χ3n) is 4.42. The predicted molar refractivity (Wildman–Crippen MR) is 134 cm³/mol. The molecule has 166 valence electrons. The third-order valence-corrected chi connectivity index (χ3v) is 5.98. The maximum absolute atomic E-state index is 12.7. The van der Waals surface area contributed by atoms with Crippen molar-refractivity contribution in [3.63, 3.8) is 0 Å². The molecular formula is C24H18Cl2N4O2S. The van der Waals surface area contributed by atoms with Crippen molar-refractivity contribution in [2.45, 2.75) is 6.61 Å². The lowest BCUT2D eigenvalue weighted by molar-refractivity contribution is 0.0950. The number of nitrogens with zero attached hydrogens (tertiary/aromatic N) is 2. The minimum atomic E-state index is -0.402. The molecular weight excluding hydrogens is 479 g/mol. The summed E-state index contributed by atoms with van der Waals surface area (Å²) >= 11 is 13.4. The van der Waals surface area contributed by atoms with Gasteiger partial charge in [0.1, 0.15) is 12.4 Å². The number of rotatable bonds is 8. The van der Waals surface area contributed by atoms with Crippen molar-refractivity contribution in [3.8, 4) is 5.75 Å². The highest BCUT2D eigenvalue weighted by atomic mass is 35.5. The van der Waals surface area contributed by atoms with E-state index in [0.717, 1.165) is 11.3 Å². The van der Waals surface area contributed by atoms with Gasteiger partial charge in [-0.05, 0) is 42.0 Å². The maximum atomic E-state index is 12.7. The van der Waals surface area contributed by atoms with Crippen molar-refractivity contribution in [1.29, 1.82) is 0 Å². The van der Waals surface area contributed by atoms with Crippen LogP contribution in [0.5, 0.6) is 5.75 Å². The highest BCUT2D eigenvalue weighted by molar-refractivity contribution is 7.17. The Bertz CT molecular complexity index is 1260. The van der Waals surface area contributed by atoms with Crippen LogP contribution in [0.15, 0.2) is 84.0 Å². The van der Waals surface area contributed by atoms with Crippen LogP contribution in [-0.2, 0) is 6.61 Å². The van der Waals surface area contributed by atoms with E-state index in [1.807, 2.05) is 42.5 Å². The summed E-state index contributed by atoms with van der Waals surface area (Å²) in [5.41, 5.74) is 4.71. The second kappa shape index (κ2) is 11.0. The Balaban J connectivity index is 1.38. The van der Waals surface area contributed by atoms with Gasteiger partial charge in [-0.3, -0.25) is 4.79 Å². The average Bonchev–Trinajstić information content (AvgIpc) is 3.18.